The average molecular weight is 294 g/mol. The molecule has 2 aromatic rings. The summed E-state index contributed by atoms with van der Waals surface area (Å²) in [5, 5.41) is 12.0. The van der Waals surface area contributed by atoms with Crippen molar-refractivity contribution in [3.05, 3.63) is 45.4 Å². The van der Waals surface area contributed by atoms with Crippen molar-refractivity contribution in [1.29, 1.82) is 0 Å². The standard InChI is InChI=1S/C13H12ClN3OS/c14-12-4-3-10(15-16-12)13(18)17-6-1-2-11(17)9-5-7-19-8-9/h3-5,7-8,11H,1-2,6H2. The second-order valence-corrected chi connectivity index (χ2v) is 5.62. The summed E-state index contributed by atoms with van der Waals surface area (Å²) in [6.07, 6.45) is 2.02. The summed E-state index contributed by atoms with van der Waals surface area (Å²) in [5.74, 6) is -0.0714. The normalized spacial score (nSPS) is 18.8. The molecule has 1 aliphatic rings. The third-order valence-electron chi connectivity index (χ3n) is 3.29. The predicted octanol–water partition coefficient (Wildman–Crippen LogP) is 3.17. The van der Waals surface area contributed by atoms with Gasteiger partial charge < -0.3 is 4.90 Å². The SMILES string of the molecule is O=C(c1ccc(Cl)nn1)N1CCCC1c1ccsc1. The van der Waals surface area contributed by atoms with E-state index in [0.29, 0.717) is 10.8 Å². The fraction of sp³-hybridized carbons (Fsp3) is 0.308. The molecule has 1 aliphatic heterocycles. The highest BCUT2D eigenvalue weighted by atomic mass is 35.5. The number of rotatable bonds is 2. The molecule has 0 aromatic carbocycles. The van der Waals surface area contributed by atoms with Gasteiger partial charge in [-0.2, -0.15) is 11.3 Å². The molecule has 0 radical (unpaired) electrons. The highest BCUT2D eigenvalue weighted by Crippen LogP contribution is 2.33. The zero-order valence-corrected chi connectivity index (χ0v) is 11.7. The van der Waals surface area contributed by atoms with E-state index in [-0.39, 0.29) is 11.9 Å². The zero-order valence-electron chi connectivity index (χ0n) is 10.1. The lowest BCUT2D eigenvalue weighted by Crippen LogP contribution is -2.31. The van der Waals surface area contributed by atoms with E-state index < -0.39 is 0 Å². The van der Waals surface area contributed by atoms with Crippen LogP contribution in [0.2, 0.25) is 5.15 Å². The molecule has 1 unspecified atom stereocenters. The Hall–Kier alpha value is -1.46. The van der Waals surface area contributed by atoms with Crippen molar-refractivity contribution >= 4 is 28.8 Å². The smallest absolute Gasteiger partial charge is 0.274 e. The predicted molar refractivity (Wildman–Crippen MR) is 74.4 cm³/mol. The number of amides is 1. The number of carbonyl (C=O) groups is 1. The molecule has 0 bridgehead atoms. The number of aromatic nitrogens is 2. The van der Waals surface area contributed by atoms with Crippen LogP contribution in [-0.2, 0) is 0 Å². The van der Waals surface area contributed by atoms with Gasteiger partial charge in [0.15, 0.2) is 10.8 Å². The molecule has 0 aliphatic carbocycles. The minimum atomic E-state index is -0.0714. The van der Waals surface area contributed by atoms with Gasteiger partial charge in [0.1, 0.15) is 0 Å². The third kappa shape index (κ3) is 2.48. The Bertz CT molecular complexity index is 570. The topological polar surface area (TPSA) is 46.1 Å². The fourth-order valence-corrected chi connectivity index (χ4v) is 3.21. The Morgan fingerprint density at radius 1 is 1.37 bits per heavy atom. The first-order valence-electron chi connectivity index (χ1n) is 6.08. The van der Waals surface area contributed by atoms with Crippen LogP contribution in [0, 0.1) is 0 Å². The summed E-state index contributed by atoms with van der Waals surface area (Å²) >= 11 is 7.34. The van der Waals surface area contributed by atoms with Gasteiger partial charge in [0.05, 0.1) is 6.04 Å². The van der Waals surface area contributed by atoms with Crippen molar-refractivity contribution in [2.45, 2.75) is 18.9 Å². The van der Waals surface area contributed by atoms with Gasteiger partial charge in [0.25, 0.3) is 5.91 Å². The van der Waals surface area contributed by atoms with Crippen molar-refractivity contribution in [3.63, 3.8) is 0 Å². The van der Waals surface area contributed by atoms with Gasteiger partial charge in [0, 0.05) is 6.54 Å². The molecule has 3 heterocycles. The Morgan fingerprint density at radius 2 is 2.26 bits per heavy atom. The van der Waals surface area contributed by atoms with Crippen LogP contribution in [0.25, 0.3) is 0 Å². The van der Waals surface area contributed by atoms with Crippen molar-refractivity contribution in [1.82, 2.24) is 15.1 Å². The molecule has 98 valence electrons. The van der Waals surface area contributed by atoms with Gasteiger partial charge in [0.2, 0.25) is 0 Å². The molecule has 0 N–H and O–H groups in total. The molecule has 19 heavy (non-hydrogen) atoms. The van der Waals surface area contributed by atoms with Gasteiger partial charge in [-0.3, -0.25) is 4.79 Å². The number of hydrogen-bond donors (Lipinski definition) is 0. The quantitative estimate of drug-likeness (QED) is 0.854. The van der Waals surface area contributed by atoms with Crippen LogP contribution in [0.4, 0.5) is 0 Å². The van der Waals surface area contributed by atoms with Crippen LogP contribution in [0.1, 0.15) is 34.9 Å². The van der Waals surface area contributed by atoms with Gasteiger partial charge in [-0.25, -0.2) is 0 Å². The first kappa shape index (κ1) is 12.6. The summed E-state index contributed by atoms with van der Waals surface area (Å²) in [6, 6.07) is 5.46. The van der Waals surface area contributed by atoms with Crippen molar-refractivity contribution in [2.24, 2.45) is 0 Å². The molecule has 0 spiro atoms. The number of thiophene rings is 1. The lowest BCUT2D eigenvalue weighted by molar-refractivity contribution is 0.0728. The van der Waals surface area contributed by atoms with E-state index in [1.807, 2.05) is 10.3 Å². The Balaban J connectivity index is 1.84. The van der Waals surface area contributed by atoms with E-state index >= 15 is 0 Å². The van der Waals surface area contributed by atoms with Crippen molar-refractivity contribution in [2.75, 3.05) is 6.54 Å². The second kappa shape index (κ2) is 5.27. The highest BCUT2D eigenvalue weighted by molar-refractivity contribution is 7.07. The molecule has 0 saturated carbocycles. The average Bonchev–Trinajstić information content (AvgIpc) is 3.09. The first-order chi connectivity index (χ1) is 9.25. The Morgan fingerprint density at radius 3 is 2.95 bits per heavy atom. The van der Waals surface area contributed by atoms with Crippen LogP contribution in [-0.4, -0.2) is 27.5 Å². The lowest BCUT2D eigenvalue weighted by atomic mass is 10.1. The molecule has 4 nitrogen and oxygen atoms in total. The summed E-state index contributed by atoms with van der Waals surface area (Å²) in [6.45, 7) is 0.768. The summed E-state index contributed by atoms with van der Waals surface area (Å²) in [5.41, 5.74) is 1.56. The molecule has 1 saturated heterocycles. The molecule has 2 aromatic heterocycles. The van der Waals surface area contributed by atoms with E-state index in [1.54, 1.807) is 23.5 Å². The van der Waals surface area contributed by atoms with Crippen molar-refractivity contribution in [3.8, 4) is 0 Å². The minimum Gasteiger partial charge on any atom is -0.330 e. The first-order valence-corrected chi connectivity index (χ1v) is 7.40. The van der Waals surface area contributed by atoms with Gasteiger partial charge >= 0.3 is 0 Å². The van der Waals surface area contributed by atoms with E-state index in [1.165, 1.54) is 5.56 Å². The van der Waals surface area contributed by atoms with Crippen LogP contribution in [0.5, 0.6) is 0 Å². The van der Waals surface area contributed by atoms with Gasteiger partial charge in [-0.1, -0.05) is 11.6 Å². The molecule has 1 amide bonds. The van der Waals surface area contributed by atoms with E-state index in [9.17, 15) is 4.79 Å². The van der Waals surface area contributed by atoms with Crippen molar-refractivity contribution < 1.29 is 4.79 Å². The van der Waals surface area contributed by atoms with Crippen LogP contribution < -0.4 is 0 Å². The molecule has 6 heteroatoms. The lowest BCUT2D eigenvalue weighted by Gasteiger charge is -2.23. The van der Waals surface area contributed by atoms with Gasteiger partial charge in [-0.15, -0.1) is 10.2 Å². The minimum absolute atomic E-state index is 0.0714. The van der Waals surface area contributed by atoms with Crippen LogP contribution in [0.3, 0.4) is 0 Å². The Labute approximate surface area is 120 Å². The van der Waals surface area contributed by atoms with Crippen LogP contribution >= 0.6 is 22.9 Å². The number of nitrogens with zero attached hydrogens (tertiary/aromatic N) is 3. The molecule has 1 atom stereocenters. The molecule has 3 rings (SSSR count). The maximum Gasteiger partial charge on any atom is 0.274 e. The second-order valence-electron chi connectivity index (χ2n) is 4.45. The number of hydrogen-bond acceptors (Lipinski definition) is 4. The molecule has 1 fully saturated rings. The Kier molecular flexibility index (Phi) is 3.48. The highest BCUT2D eigenvalue weighted by Gasteiger charge is 2.31. The number of likely N-dealkylation sites (tertiary alicyclic amines) is 1. The largest absolute Gasteiger partial charge is 0.330 e. The maximum atomic E-state index is 12.4. The van der Waals surface area contributed by atoms with E-state index in [2.05, 4.69) is 21.6 Å². The zero-order chi connectivity index (χ0) is 13.2. The summed E-state index contributed by atoms with van der Waals surface area (Å²) in [4.78, 5) is 14.3. The van der Waals surface area contributed by atoms with Gasteiger partial charge in [-0.05, 0) is 47.4 Å². The molecular weight excluding hydrogens is 282 g/mol. The summed E-state index contributed by atoms with van der Waals surface area (Å²) < 4.78 is 0. The van der Waals surface area contributed by atoms with E-state index in [4.69, 9.17) is 11.6 Å². The third-order valence-corrected chi connectivity index (χ3v) is 4.20. The fourth-order valence-electron chi connectivity index (χ4n) is 2.40. The monoisotopic (exact) mass is 293 g/mol. The summed E-state index contributed by atoms with van der Waals surface area (Å²) in [7, 11) is 0. The number of halogens is 1. The van der Waals surface area contributed by atoms with Crippen LogP contribution in [0.15, 0.2) is 29.0 Å². The number of carbonyl (C=O) groups excluding carboxylic acids is 1. The molecular formula is C13H12ClN3OS. The maximum absolute atomic E-state index is 12.4. The van der Waals surface area contributed by atoms with E-state index in [0.717, 1.165) is 19.4 Å².